The Hall–Kier alpha value is -1.35. The first-order chi connectivity index (χ1) is 10.1. The van der Waals surface area contributed by atoms with Gasteiger partial charge in [-0.05, 0) is 50.3 Å². The number of carbonyl (C=O) groups excluding carboxylic acids is 1. The Morgan fingerprint density at radius 2 is 1.86 bits per heavy atom. The summed E-state index contributed by atoms with van der Waals surface area (Å²) in [5.74, 6) is 1.39. The second-order valence-corrected chi connectivity index (χ2v) is 6.18. The van der Waals surface area contributed by atoms with Gasteiger partial charge in [0.25, 0.3) is 0 Å². The zero-order chi connectivity index (χ0) is 15.2. The molecule has 0 aromatic heterocycles. The summed E-state index contributed by atoms with van der Waals surface area (Å²) in [4.78, 5) is 14.7. The lowest BCUT2D eigenvalue weighted by atomic mass is 9.86. The van der Waals surface area contributed by atoms with Crippen molar-refractivity contribution in [3.05, 3.63) is 35.9 Å². The van der Waals surface area contributed by atoms with Gasteiger partial charge < -0.3 is 4.74 Å². The van der Waals surface area contributed by atoms with Crippen molar-refractivity contribution in [2.24, 2.45) is 11.8 Å². The molecule has 1 unspecified atom stereocenters. The lowest BCUT2D eigenvalue weighted by Gasteiger charge is -2.37. The predicted molar refractivity (Wildman–Crippen MR) is 85.0 cm³/mol. The molecule has 116 valence electrons. The van der Waals surface area contributed by atoms with Crippen LogP contribution < -0.4 is 0 Å². The van der Waals surface area contributed by atoms with Crippen molar-refractivity contribution in [3.8, 4) is 0 Å². The van der Waals surface area contributed by atoms with E-state index in [0.717, 1.165) is 30.5 Å². The Balaban J connectivity index is 2.12. The molecule has 3 nitrogen and oxygen atoms in total. The Labute approximate surface area is 128 Å². The molecule has 0 aliphatic carbocycles. The maximum absolute atomic E-state index is 12.4. The van der Waals surface area contributed by atoms with E-state index in [4.69, 9.17) is 4.74 Å². The van der Waals surface area contributed by atoms with Crippen LogP contribution in [0.1, 0.15) is 45.2 Å². The minimum Gasteiger partial charge on any atom is -0.465 e. The molecule has 1 aliphatic rings. The zero-order valence-corrected chi connectivity index (χ0v) is 13.4. The van der Waals surface area contributed by atoms with Gasteiger partial charge in [0.1, 0.15) is 6.04 Å². The maximum Gasteiger partial charge on any atom is 0.327 e. The second kappa shape index (κ2) is 7.60. The molecule has 1 saturated heterocycles. The first kappa shape index (κ1) is 16.0. The summed E-state index contributed by atoms with van der Waals surface area (Å²) < 4.78 is 5.31. The number of rotatable bonds is 5. The molecule has 1 heterocycles. The van der Waals surface area contributed by atoms with E-state index in [1.165, 1.54) is 12.8 Å². The van der Waals surface area contributed by atoms with Crippen LogP contribution in [0.3, 0.4) is 0 Å². The molecule has 0 saturated carbocycles. The molecule has 0 radical (unpaired) electrons. The summed E-state index contributed by atoms with van der Waals surface area (Å²) in [5.41, 5.74) is 1.04. The largest absolute Gasteiger partial charge is 0.465 e. The number of carbonyl (C=O) groups is 1. The Bertz CT molecular complexity index is 436. The van der Waals surface area contributed by atoms with Crippen LogP contribution >= 0.6 is 0 Å². The molecule has 3 heteroatoms. The van der Waals surface area contributed by atoms with Gasteiger partial charge >= 0.3 is 5.97 Å². The first-order valence-corrected chi connectivity index (χ1v) is 8.09. The molecule has 0 bridgehead atoms. The molecule has 1 atom stereocenters. The van der Waals surface area contributed by atoms with Gasteiger partial charge in [0.15, 0.2) is 0 Å². The fourth-order valence-corrected chi connectivity index (χ4v) is 3.20. The van der Waals surface area contributed by atoms with Gasteiger partial charge in [-0.1, -0.05) is 44.2 Å². The van der Waals surface area contributed by atoms with Crippen molar-refractivity contribution < 1.29 is 9.53 Å². The average Bonchev–Trinajstić information content (AvgIpc) is 2.49. The first-order valence-electron chi connectivity index (χ1n) is 8.09. The minimum atomic E-state index is -0.251. The van der Waals surface area contributed by atoms with Gasteiger partial charge in [-0.15, -0.1) is 0 Å². The highest BCUT2D eigenvalue weighted by atomic mass is 16.5. The summed E-state index contributed by atoms with van der Waals surface area (Å²) in [6, 6.07) is 9.76. The quantitative estimate of drug-likeness (QED) is 0.775. The normalized spacial score (nSPS) is 18.7. The molecule has 2 rings (SSSR count). The van der Waals surface area contributed by atoms with Crippen LogP contribution in [0.15, 0.2) is 30.3 Å². The smallest absolute Gasteiger partial charge is 0.327 e. The van der Waals surface area contributed by atoms with E-state index in [1.807, 2.05) is 37.3 Å². The van der Waals surface area contributed by atoms with Gasteiger partial charge in [0.05, 0.1) is 6.61 Å². The van der Waals surface area contributed by atoms with Crippen LogP contribution in [0.5, 0.6) is 0 Å². The number of hydrogen-bond acceptors (Lipinski definition) is 3. The van der Waals surface area contributed by atoms with Crippen LogP contribution in [0, 0.1) is 11.8 Å². The van der Waals surface area contributed by atoms with Crippen LogP contribution in [0.4, 0.5) is 0 Å². The molecule has 21 heavy (non-hydrogen) atoms. The lowest BCUT2D eigenvalue weighted by Crippen LogP contribution is -2.41. The van der Waals surface area contributed by atoms with E-state index in [1.54, 1.807) is 0 Å². The van der Waals surface area contributed by atoms with E-state index >= 15 is 0 Å². The van der Waals surface area contributed by atoms with Crippen LogP contribution in [-0.2, 0) is 9.53 Å². The van der Waals surface area contributed by atoms with E-state index < -0.39 is 0 Å². The van der Waals surface area contributed by atoms with Crippen molar-refractivity contribution in [1.82, 2.24) is 4.90 Å². The molecule has 1 fully saturated rings. The summed E-state index contributed by atoms with van der Waals surface area (Å²) >= 11 is 0. The van der Waals surface area contributed by atoms with Crippen LogP contribution in [-0.4, -0.2) is 30.6 Å². The fourth-order valence-electron chi connectivity index (χ4n) is 3.20. The molecule has 0 N–H and O–H groups in total. The fraction of sp³-hybridized carbons (Fsp3) is 0.611. The molecular weight excluding hydrogens is 262 g/mol. The summed E-state index contributed by atoms with van der Waals surface area (Å²) in [6.07, 6.45) is 2.33. The summed E-state index contributed by atoms with van der Waals surface area (Å²) in [6.45, 7) is 8.83. The van der Waals surface area contributed by atoms with Gasteiger partial charge in [-0.25, -0.2) is 4.79 Å². The van der Waals surface area contributed by atoms with Gasteiger partial charge in [-0.3, -0.25) is 4.90 Å². The summed E-state index contributed by atoms with van der Waals surface area (Å²) in [7, 11) is 0. The SMILES string of the molecule is CCOC(=O)C(c1ccccc1)N1CCC(C(C)C)CC1. The zero-order valence-electron chi connectivity index (χ0n) is 13.4. The van der Waals surface area contributed by atoms with Crippen LogP contribution in [0.25, 0.3) is 0 Å². The van der Waals surface area contributed by atoms with Gasteiger partial charge in [0, 0.05) is 0 Å². The number of hydrogen-bond donors (Lipinski definition) is 0. The number of ether oxygens (including phenoxy) is 1. The van der Waals surface area contributed by atoms with Crippen molar-refractivity contribution in [1.29, 1.82) is 0 Å². The van der Waals surface area contributed by atoms with Crippen LogP contribution in [0.2, 0.25) is 0 Å². The highest BCUT2D eigenvalue weighted by Crippen LogP contribution is 2.30. The molecular formula is C18H27NO2. The molecule has 1 aliphatic heterocycles. The van der Waals surface area contributed by atoms with E-state index in [0.29, 0.717) is 6.61 Å². The van der Waals surface area contributed by atoms with E-state index in [-0.39, 0.29) is 12.0 Å². The number of benzene rings is 1. The molecule has 0 amide bonds. The van der Waals surface area contributed by atoms with Crippen molar-refractivity contribution in [3.63, 3.8) is 0 Å². The third kappa shape index (κ3) is 4.07. The second-order valence-electron chi connectivity index (χ2n) is 6.18. The average molecular weight is 289 g/mol. The monoisotopic (exact) mass is 289 g/mol. The minimum absolute atomic E-state index is 0.119. The number of esters is 1. The maximum atomic E-state index is 12.4. The molecule has 0 spiro atoms. The Morgan fingerprint density at radius 3 is 2.38 bits per heavy atom. The number of likely N-dealkylation sites (tertiary alicyclic amines) is 1. The van der Waals surface area contributed by atoms with Crippen molar-refractivity contribution in [2.75, 3.05) is 19.7 Å². The molecule has 1 aromatic rings. The van der Waals surface area contributed by atoms with Crippen molar-refractivity contribution >= 4 is 5.97 Å². The number of piperidine rings is 1. The van der Waals surface area contributed by atoms with Crippen molar-refractivity contribution in [2.45, 2.75) is 39.7 Å². The van der Waals surface area contributed by atoms with Gasteiger partial charge in [0.2, 0.25) is 0 Å². The topological polar surface area (TPSA) is 29.5 Å². The standard InChI is InChI=1S/C18H27NO2/c1-4-21-18(20)17(16-8-6-5-7-9-16)19-12-10-15(11-13-19)14(2)3/h5-9,14-15,17H,4,10-13H2,1-3H3. The lowest BCUT2D eigenvalue weighted by molar-refractivity contribution is -0.150. The third-order valence-electron chi connectivity index (χ3n) is 4.51. The number of nitrogens with zero attached hydrogens (tertiary/aromatic N) is 1. The predicted octanol–water partition coefficient (Wildman–Crippen LogP) is 3.66. The Kier molecular flexibility index (Phi) is 5.80. The third-order valence-corrected chi connectivity index (χ3v) is 4.51. The highest BCUT2D eigenvalue weighted by Gasteiger charge is 2.32. The van der Waals surface area contributed by atoms with E-state index in [2.05, 4.69) is 18.7 Å². The van der Waals surface area contributed by atoms with E-state index in [9.17, 15) is 4.79 Å². The Morgan fingerprint density at radius 1 is 1.24 bits per heavy atom. The summed E-state index contributed by atoms with van der Waals surface area (Å²) in [5, 5.41) is 0. The molecule has 1 aromatic carbocycles. The highest BCUT2D eigenvalue weighted by molar-refractivity contribution is 5.77. The van der Waals surface area contributed by atoms with Gasteiger partial charge in [-0.2, -0.15) is 0 Å².